The second kappa shape index (κ2) is 6.60. The molecule has 2 rings (SSSR count). The van der Waals surface area contributed by atoms with Crippen molar-refractivity contribution in [2.75, 3.05) is 14.2 Å². The summed E-state index contributed by atoms with van der Waals surface area (Å²) in [5.74, 6) is 0.331. The van der Waals surface area contributed by atoms with Crippen molar-refractivity contribution in [3.8, 4) is 23.1 Å². The van der Waals surface area contributed by atoms with Gasteiger partial charge in [0.25, 0.3) is 0 Å². The largest absolute Gasteiger partial charge is 0.481 e. The molecule has 0 saturated carbocycles. The van der Waals surface area contributed by atoms with Gasteiger partial charge >= 0.3 is 5.97 Å². The summed E-state index contributed by atoms with van der Waals surface area (Å²) < 4.78 is 11.7. The van der Waals surface area contributed by atoms with Crippen LogP contribution in [0.2, 0.25) is 0 Å². The zero-order valence-corrected chi connectivity index (χ0v) is 11.7. The summed E-state index contributed by atoms with van der Waals surface area (Å²) in [6.45, 7) is 0.303. The molecule has 0 atom stereocenters. The molecule has 0 aliphatic rings. The van der Waals surface area contributed by atoms with Crippen molar-refractivity contribution in [1.82, 2.24) is 15.1 Å². The van der Waals surface area contributed by atoms with E-state index in [9.17, 15) is 4.79 Å². The second-order valence-electron chi connectivity index (χ2n) is 4.10. The molecule has 0 fully saturated rings. The summed E-state index contributed by atoms with van der Waals surface area (Å²) in [4.78, 5) is 18.9. The highest BCUT2D eigenvalue weighted by Gasteiger charge is 2.11. The normalized spacial score (nSPS) is 10.2. The van der Waals surface area contributed by atoms with Gasteiger partial charge in [-0.2, -0.15) is 9.97 Å². The molecular weight excluding hydrogens is 276 g/mol. The Morgan fingerprint density at radius 1 is 1.29 bits per heavy atom. The van der Waals surface area contributed by atoms with E-state index in [1.54, 1.807) is 24.5 Å². The van der Waals surface area contributed by atoms with E-state index in [1.165, 1.54) is 18.9 Å². The summed E-state index contributed by atoms with van der Waals surface area (Å²) in [5.41, 5.74) is 0.679. The van der Waals surface area contributed by atoms with Gasteiger partial charge in [-0.15, -0.1) is 0 Å². The Balaban J connectivity index is 2.23. The molecule has 2 heterocycles. The Morgan fingerprint density at radius 3 is 2.43 bits per heavy atom. The van der Waals surface area contributed by atoms with Gasteiger partial charge in [0.2, 0.25) is 11.8 Å². The molecule has 110 valence electrons. The third kappa shape index (κ3) is 3.85. The van der Waals surface area contributed by atoms with E-state index >= 15 is 0 Å². The van der Waals surface area contributed by atoms with Crippen LogP contribution in [0.15, 0.2) is 24.5 Å². The summed E-state index contributed by atoms with van der Waals surface area (Å²) in [5, 5.41) is 12.8. The molecule has 8 nitrogen and oxygen atoms in total. The van der Waals surface area contributed by atoms with Crippen LogP contribution in [-0.4, -0.2) is 40.4 Å². The maximum atomic E-state index is 10.5. The highest BCUT2D eigenvalue weighted by Crippen LogP contribution is 2.21. The van der Waals surface area contributed by atoms with Crippen molar-refractivity contribution >= 4 is 5.97 Å². The number of ether oxygens (including phenoxy) is 2. The molecule has 0 aromatic carbocycles. The molecule has 0 saturated heterocycles. The van der Waals surface area contributed by atoms with E-state index in [2.05, 4.69) is 15.1 Å². The van der Waals surface area contributed by atoms with Crippen LogP contribution >= 0.6 is 0 Å². The predicted octanol–water partition coefficient (Wildman–Crippen LogP) is 0.318. The summed E-state index contributed by atoms with van der Waals surface area (Å²) in [6, 6.07) is 3.33. The number of aromatic nitrogens is 4. The lowest BCUT2D eigenvalue weighted by atomic mass is 10.3. The van der Waals surface area contributed by atoms with E-state index in [1.807, 2.05) is 0 Å². The number of aliphatic carboxylic acids is 1. The fourth-order valence-corrected chi connectivity index (χ4v) is 1.60. The topological polar surface area (TPSA) is 98.3 Å². The zero-order chi connectivity index (χ0) is 15.2. The van der Waals surface area contributed by atoms with Gasteiger partial charge in [-0.1, -0.05) is 4.68 Å². The molecule has 2 aromatic heterocycles. The lowest BCUT2D eigenvalue weighted by Gasteiger charge is -2.05. The van der Waals surface area contributed by atoms with Crippen LogP contribution in [0, 0.1) is 0 Å². The fraction of sp³-hybridized carbons (Fsp3) is 0.308. The molecule has 8 heteroatoms. The number of rotatable bonds is 6. The van der Waals surface area contributed by atoms with Crippen LogP contribution in [0.5, 0.6) is 11.8 Å². The average molecular weight is 291 g/mol. The number of methoxy groups -OCH3 is 2. The Bertz CT molecular complexity index is 608. The minimum absolute atomic E-state index is 0.0144. The number of hydrogen-bond donors (Lipinski definition) is 1. The smallest absolute Gasteiger partial charge is 0.309 e. The van der Waals surface area contributed by atoms with E-state index in [0.29, 0.717) is 29.7 Å². The van der Waals surface area contributed by atoms with Crippen molar-refractivity contribution < 1.29 is 24.1 Å². The summed E-state index contributed by atoms with van der Waals surface area (Å²) in [7, 11) is 3.02. The first kappa shape index (κ1) is 14.6. The van der Waals surface area contributed by atoms with Gasteiger partial charge in [-0.25, -0.2) is 0 Å². The van der Waals surface area contributed by atoms with Crippen LogP contribution in [0.3, 0.4) is 0 Å². The first-order valence-corrected chi connectivity index (χ1v) is 6.17. The number of carbonyl (C=O) groups is 1. The van der Waals surface area contributed by atoms with Crippen LogP contribution in [0.4, 0.5) is 0 Å². The maximum absolute atomic E-state index is 10.5. The minimum atomic E-state index is -0.866. The molecule has 1 N–H and O–H groups in total. The van der Waals surface area contributed by atoms with Crippen molar-refractivity contribution in [2.45, 2.75) is 13.0 Å². The van der Waals surface area contributed by atoms with Gasteiger partial charge in [-0.05, 0) is 5.10 Å². The van der Waals surface area contributed by atoms with Gasteiger partial charge in [0.1, 0.15) is 12.6 Å². The van der Waals surface area contributed by atoms with Crippen molar-refractivity contribution in [2.24, 2.45) is 0 Å². The van der Waals surface area contributed by atoms with Crippen LogP contribution in [0.1, 0.15) is 6.42 Å². The molecular formula is C13H15N4O4+. The Labute approximate surface area is 121 Å². The second-order valence-corrected chi connectivity index (χ2v) is 4.10. The van der Waals surface area contributed by atoms with Crippen LogP contribution < -0.4 is 14.2 Å². The quantitative estimate of drug-likeness (QED) is 0.765. The van der Waals surface area contributed by atoms with Gasteiger partial charge < -0.3 is 14.6 Å². The van der Waals surface area contributed by atoms with Crippen LogP contribution in [-0.2, 0) is 11.3 Å². The Hall–Kier alpha value is -2.77. The standard InChI is InChI=1S/C13H14N4O4/c1-20-10-7-11(21-2)16-13(15-10)9-3-5-17(14-8-9)6-4-12(18)19/h3,5,7-8H,4,6H2,1-2H3/p+1. The molecule has 21 heavy (non-hydrogen) atoms. The summed E-state index contributed by atoms with van der Waals surface area (Å²) in [6.07, 6.45) is 3.25. The number of carboxylic acids is 1. The molecule has 0 unspecified atom stereocenters. The number of carboxylic acid groups (broad SMARTS) is 1. The fourth-order valence-electron chi connectivity index (χ4n) is 1.60. The number of aryl methyl sites for hydroxylation is 1. The third-order valence-corrected chi connectivity index (χ3v) is 2.68. The lowest BCUT2D eigenvalue weighted by Crippen LogP contribution is -2.38. The molecule has 2 aromatic rings. The van der Waals surface area contributed by atoms with Gasteiger partial charge in [0, 0.05) is 11.6 Å². The van der Waals surface area contributed by atoms with E-state index in [4.69, 9.17) is 14.6 Å². The number of nitrogens with zero attached hydrogens (tertiary/aromatic N) is 4. The molecule has 0 amide bonds. The minimum Gasteiger partial charge on any atom is -0.481 e. The first-order valence-electron chi connectivity index (χ1n) is 6.17. The maximum Gasteiger partial charge on any atom is 0.309 e. The Morgan fingerprint density at radius 2 is 1.95 bits per heavy atom. The monoisotopic (exact) mass is 291 g/mol. The number of hydrogen-bond acceptors (Lipinski definition) is 6. The molecule has 0 radical (unpaired) electrons. The zero-order valence-electron chi connectivity index (χ0n) is 11.7. The highest BCUT2D eigenvalue weighted by molar-refractivity contribution is 5.66. The average Bonchev–Trinajstić information content (AvgIpc) is 2.52. The lowest BCUT2D eigenvalue weighted by molar-refractivity contribution is -0.752. The Kier molecular flexibility index (Phi) is 4.60. The van der Waals surface area contributed by atoms with Crippen molar-refractivity contribution in [3.63, 3.8) is 0 Å². The van der Waals surface area contributed by atoms with Gasteiger partial charge in [0.05, 0.1) is 20.3 Å². The van der Waals surface area contributed by atoms with E-state index in [-0.39, 0.29) is 6.42 Å². The van der Waals surface area contributed by atoms with E-state index in [0.717, 1.165) is 0 Å². The summed E-state index contributed by atoms with van der Waals surface area (Å²) >= 11 is 0. The SMILES string of the molecule is COc1cc(OC)nc(-c2cc[n+](CCC(=O)O)nc2)n1. The molecule has 0 bridgehead atoms. The molecule has 0 aliphatic carbocycles. The van der Waals surface area contributed by atoms with Gasteiger partial charge in [0.15, 0.2) is 18.6 Å². The molecule has 0 spiro atoms. The highest BCUT2D eigenvalue weighted by atomic mass is 16.5. The van der Waals surface area contributed by atoms with Crippen molar-refractivity contribution in [1.29, 1.82) is 0 Å². The third-order valence-electron chi connectivity index (χ3n) is 2.68. The van der Waals surface area contributed by atoms with Crippen LogP contribution in [0.25, 0.3) is 11.4 Å². The molecule has 0 aliphatic heterocycles. The van der Waals surface area contributed by atoms with Gasteiger partial charge in [-0.3, -0.25) is 4.79 Å². The predicted molar refractivity (Wildman–Crippen MR) is 70.8 cm³/mol. The van der Waals surface area contributed by atoms with E-state index < -0.39 is 5.97 Å². The first-order chi connectivity index (χ1) is 10.1. The van der Waals surface area contributed by atoms with Crippen molar-refractivity contribution in [3.05, 3.63) is 24.5 Å².